The Morgan fingerprint density at radius 3 is 2.58 bits per heavy atom. The molecular formula is C23H21ClFN3O4S. The summed E-state index contributed by atoms with van der Waals surface area (Å²) >= 11 is 6.04. The highest BCUT2D eigenvalue weighted by Crippen LogP contribution is 2.31. The summed E-state index contributed by atoms with van der Waals surface area (Å²) in [6.07, 6.45) is 1.79. The van der Waals surface area contributed by atoms with Gasteiger partial charge in [0.05, 0.1) is 10.6 Å². The second-order valence-corrected chi connectivity index (χ2v) is 9.83. The first-order chi connectivity index (χ1) is 15.7. The van der Waals surface area contributed by atoms with E-state index in [1.54, 1.807) is 25.1 Å². The highest BCUT2D eigenvalue weighted by molar-refractivity contribution is 7.89. The number of carbonyl (C=O) groups excluding carboxylic acids is 1. The summed E-state index contributed by atoms with van der Waals surface area (Å²) in [6.45, 7) is 3.58. The third-order valence-corrected chi connectivity index (χ3v) is 6.86. The molecule has 1 aliphatic rings. The lowest BCUT2D eigenvalue weighted by Crippen LogP contribution is -2.22. The van der Waals surface area contributed by atoms with Gasteiger partial charge in [-0.05, 0) is 68.7 Å². The lowest BCUT2D eigenvalue weighted by atomic mass is 9.93. The smallest absolute Gasteiger partial charge is 0.291 e. The van der Waals surface area contributed by atoms with E-state index in [1.165, 1.54) is 0 Å². The van der Waals surface area contributed by atoms with Crippen LogP contribution >= 0.6 is 11.6 Å². The summed E-state index contributed by atoms with van der Waals surface area (Å²) in [5.74, 6) is -0.259. The van der Waals surface area contributed by atoms with Crippen molar-refractivity contribution in [2.45, 2.75) is 38.0 Å². The van der Waals surface area contributed by atoms with Gasteiger partial charge in [-0.3, -0.25) is 4.79 Å². The summed E-state index contributed by atoms with van der Waals surface area (Å²) in [7, 11) is -3.98. The van der Waals surface area contributed by atoms with Crippen molar-refractivity contribution < 1.29 is 22.0 Å². The first kappa shape index (κ1) is 23.0. The molecule has 0 unspecified atom stereocenters. The number of rotatable bonds is 5. The second kappa shape index (κ2) is 8.99. The number of nitrogens with zero attached hydrogens (tertiary/aromatic N) is 1. The summed E-state index contributed by atoms with van der Waals surface area (Å²) < 4.78 is 44.0. The van der Waals surface area contributed by atoms with Gasteiger partial charge in [0.15, 0.2) is 5.76 Å². The molecule has 0 fully saturated rings. The predicted octanol–water partition coefficient (Wildman–Crippen LogP) is 4.96. The number of anilines is 1. The van der Waals surface area contributed by atoms with Gasteiger partial charge >= 0.3 is 0 Å². The molecular weight excluding hydrogens is 469 g/mol. The van der Waals surface area contributed by atoms with Crippen LogP contribution in [0, 0.1) is 19.7 Å². The number of sulfonamides is 1. The van der Waals surface area contributed by atoms with Gasteiger partial charge in [0.25, 0.3) is 15.9 Å². The first-order valence-electron chi connectivity index (χ1n) is 10.2. The van der Waals surface area contributed by atoms with E-state index in [2.05, 4.69) is 15.2 Å². The quantitative estimate of drug-likeness (QED) is 0.494. The van der Waals surface area contributed by atoms with Crippen molar-refractivity contribution in [1.29, 1.82) is 0 Å². The monoisotopic (exact) mass is 489 g/mol. The molecule has 0 atom stereocenters. The molecule has 2 N–H and O–H groups in total. The third-order valence-electron chi connectivity index (χ3n) is 5.40. The van der Waals surface area contributed by atoms with E-state index >= 15 is 0 Å². The topological polar surface area (TPSA) is 101 Å². The molecule has 0 radical (unpaired) electrons. The highest BCUT2D eigenvalue weighted by atomic mass is 35.5. The molecule has 1 amide bonds. The summed E-state index contributed by atoms with van der Waals surface area (Å²) in [4.78, 5) is 15.0. The van der Waals surface area contributed by atoms with Crippen molar-refractivity contribution in [2.75, 3.05) is 5.32 Å². The average Bonchev–Trinajstić information content (AvgIpc) is 3.12. The largest absolute Gasteiger partial charge is 0.455 e. The zero-order valence-corrected chi connectivity index (χ0v) is 19.5. The normalized spacial score (nSPS) is 14.7. The van der Waals surface area contributed by atoms with Crippen LogP contribution in [0.4, 0.5) is 10.1 Å². The maximum Gasteiger partial charge on any atom is 0.291 e. The fraction of sp³-hybridized carbons (Fsp3) is 0.217. The van der Waals surface area contributed by atoms with Crippen LogP contribution in [0.15, 0.2) is 56.9 Å². The Balaban J connectivity index is 1.61. The molecule has 7 nitrogen and oxygen atoms in total. The number of halogens is 2. The number of amides is 1. The molecule has 0 aliphatic heterocycles. The van der Waals surface area contributed by atoms with E-state index in [0.29, 0.717) is 52.6 Å². The minimum atomic E-state index is -3.98. The minimum absolute atomic E-state index is 0.106. The summed E-state index contributed by atoms with van der Waals surface area (Å²) in [6, 6.07) is 9.64. The van der Waals surface area contributed by atoms with Gasteiger partial charge in [-0.15, -0.1) is 0 Å². The fourth-order valence-corrected chi connectivity index (χ4v) is 4.69. The van der Waals surface area contributed by atoms with Crippen molar-refractivity contribution in [3.05, 3.63) is 81.5 Å². The van der Waals surface area contributed by atoms with Crippen LogP contribution in [0.25, 0.3) is 0 Å². The number of fused-ring (bicyclic) bond motifs is 1. The Kier molecular flexibility index (Phi) is 6.27. The van der Waals surface area contributed by atoms with Crippen LogP contribution in [0.1, 0.15) is 45.8 Å². The zero-order chi connectivity index (χ0) is 23.8. The minimum Gasteiger partial charge on any atom is -0.455 e. The molecule has 0 saturated carbocycles. The third kappa shape index (κ3) is 4.79. The molecule has 172 valence electrons. The SMILES string of the molecule is Cc1ccc(Cl)cc1NC(=O)c1oc2c(c1C)/C(=N/NS(=O)(=O)c1ccc(F)cc1)CCC2. The molecule has 1 aromatic heterocycles. The van der Waals surface area contributed by atoms with Crippen molar-refractivity contribution in [1.82, 2.24) is 4.83 Å². The predicted molar refractivity (Wildman–Crippen MR) is 124 cm³/mol. The van der Waals surface area contributed by atoms with E-state index in [-0.39, 0.29) is 10.7 Å². The maximum absolute atomic E-state index is 13.1. The van der Waals surface area contributed by atoms with Gasteiger partial charge in [0.2, 0.25) is 0 Å². The van der Waals surface area contributed by atoms with Crippen LogP contribution < -0.4 is 10.1 Å². The van der Waals surface area contributed by atoms with Gasteiger partial charge in [-0.2, -0.15) is 18.4 Å². The van der Waals surface area contributed by atoms with Gasteiger partial charge in [0.1, 0.15) is 11.6 Å². The van der Waals surface area contributed by atoms with Crippen molar-refractivity contribution >= 4 is 38.9 Å². The van der Waals surface area contributed by atoms with Crippen LogP contribution in [-0.4, -0.2) is 20.0 Å². The van der Waals surface area contributed by atoms with Crippen molar-refractivity contribution in [3.8, 4) is 0 Å². The van der Waals surface area contributed by atoms with E-state index in [1.807, 2.05) is 6.92 Å². The molecule has 0 bridgehead atoms. The Morgan fingerprint density at radius 2 is 1.85 bits per heavy atom. The Morgan fingerprint density at radius 1 is 1.12 bits per heavy atom. The zero-order valence-electron chi connectivity index (χ0n) is 17.9. The standard InChI is InChI=1S/C23H21ClFN3O4S/c1-13-6-7-15(24)12-19(13)26-23(29)22-14(2)21-18(4-3-5-20(21)32-22)27-28-33(30,31)17-10-8-16(25)9-11-17/h6-12,28H,3-5H2,1-2H3,(H,26,29)/b27-18+. The van der Waals surface area contributed by atoms with Crippen LogP contribution in [-0.2, 0) is 16.4 Å². The average molecular weight is 490 g/mol. The number of benzene rings is 2. The molecule has 1 heterocycles. The molecule has 2 aromatic carbocycles. The van der Waals surface area contributed by atoms with E-state index in [9.17, 15) is 17.6 Å². The van der Waals surface area contributed by atoms with Gasteiger partial charge < -0.3 is 9.73 Å². The lowest BCUT2D eigenvalue weighted by Gasteiger charge is -2.14. The number of carbonyl (C=O) groups is 1. The Hall–Kier alpha value is -3.17. The second-order valence-electron chi connectivity index (χ2n) is 7.73. The number of nitrogens with one attached hydrogen (secondary N) is 2. The van der Waals surface area contributed by atoms with Gasteiger partial charge in [-0.1, -0.05) is 17.7 Å². The van der Waals surface area contributed by atoms with Crippen LogP contribution in [0.2, 0.25) is 5.02 Å². The number of hydrazone groups is 1. The molecule has 0 saturated heterocycles. The van der Waals surface area contributed by atoms with Crippen LogP contribution in [0.5, 0.6) is 0 Å². The molecule has 3 aromatic rings. The molecule has 0 spiro atoms. The lowest BCUT2D eigenvalue weighted by molar-refractivity contribution is 0.0994. The number of aryl methyl sites for hydroxylation is 2. The summed E-state index contributed by atoms with van der Waals surface area (Å²) in [5.41, 5.74) is 3.08. The van der Waals surface area contributed by atoms with Crippen LogP contribution in [0.3, 0.4) is 0 Å². The number of hydrogen-bond acceptors (Lipinski definition) is 5. The van der Waals surface area contributed by atoms with Crippen molar-refractivity contribution in [2.24, 2.45) is 5.10 Å². The van der Waals surface area contributed by atoms with E-state index < -0.39 is 21.7 Å². The summed E-state index contributed by atoms with van der Waals surface area (Å²) in [5, 5.41) is 7.42. The molecule has 4 rings (SSSR count). The fourth-order valence-electron chi connectivity index (χ4n) is 3.69. The van der Waals surface area contributed by atoms with Gasteiger partial charge in [0, 0.05) is 28.3 Å². The number of furan rings is 1. The first-order valence-corrected chi connectivity index (χ1v) is 12.1. The highest BCUT2D eigenvalue weighted by Gasteiger charge is 2.28. The molecule has 33 heavy (non-hydrogen) atoms. The Bertz CT molecular complexity index is 1370. The Labute approximate surface area is 195 Å². The molecule has 10 heteroatoms. The molecule has 1 aliphatic carbocycles. The van der Waals surface area contributed by atoms with Crippen molar-refractivity contribution in [3.63, 3.8) is 0 Å². The maximum atomic E-state index is 13.1. The number of hydrogen-bond donors (Lipinski definition) is 2. The van der Waals surface area contributed by atoms with E-state index in [0.717, 1.165) is 29.8 Å². The van der Waals surface area contributed by atoms with Gasteiger partial charge in [-0.25, -0.2) is 4.39 Å². The van der Waals surface area contributed by atoms with E-state index in [4.69, 9.17) is 16.0 Å².